The fourth-order valence-corrected chi connectivity index (χ4v) is 2.69. The molecule has 0 unspecified atom stereocenters. The van der Waals surface area contributed by atoms with Crippen molar-refractivity contribution in [1.29, 1.82) is 0 Å². The summed E-state index contributed by atoms with van der Waals surface area (Å²) in [5, 5.41) is 3.95. The molecule has 1 fully saturated rings. The maximum absolute atomic E-state index is 5.47. The van der Waals surface area contributed by atoms with Crippen molar-refractivity contribution in [2.75, 3.05) is 26.7 Å². The number of likely N-dealkylation sites (tertiary alicyclic amines) is 1. The number of rotatable bonds is 6. The van der Waals surface area contributed by atoms with Gasteiger partial charge in [0.15, 0.2) is 5.82 Å². The number of hydrogen-bond acceptors (Lipinski definition) is 6. The fourth-order valence-electron chi connectivity index (χ4n) is 2.69. The molecule has 0 atom stereocenters. The number of aromatic nitrogens is 2. The van der Waals surface area contributed by atoms with Gasteiger partial charge in [-0.05, 0) is 45.9 Å². The van der Waals surface area contributed by atoms with Gasteiger partial charge in [0.05, 0.1) is 13.1 Å². The molecule has 0 aliphatic carbocycles. The van der Waals surface area contributed by atoms with Crippen LogP contribution in [0, 0.1) is 0 Å². The van der Waals surface area contributed by atoms with Crippen LogP contribution in [-0.2, 0) is 13.1 Å². The van der Waals surface area contributed by atoms with Crippen LogP contribution in [0.5, 0.6) is 0 Å². The Hall–Kier alpha value is -0.980. The minimum Gasteiger partial charge on any atom is -0.338 e. The highest BCUT2D eigenvalue weighted by Crippen LogP contribution is 2.17. The van der Waals surface area contributed by atoms with E-state index in [4.69, 9.17) is 10.3 Å². The van der Waals surface area contributed by atoms with E-state index in [1.165, 1.54) is 38.9 Å². The highest BCUT2D eigenvalue weighted by atomic mass is 16.5. The first-order valence-electron chi connectivity index (χ1n) is 7.17. The van der Waals surface area contributed by atoms with Gasteiger partial charge in [0.25, 0.3) is 0 Å². The second-order valence-corrected chi connectivity index (χ2v) is 5.30. The average molecular weight is 267 g/mol. The van der Waals surface area contributed by atoms with Crippen LogP contribution < -0.4 is 5.73 Å². The van der Waals surface area contributed by atoms with E-state index >= 15 is 0 Å². The Balaban J connectivity index is 1.79. The summed E-state index contributed by atoms with van der Waals surface area (Å²) in [5.74, 6) is 1.25. The maximum atomic E-state index is 5.47. The molecule has 0 aromatic carbocycles. The van der Waals surface area contributed by atoms with Gasteiger partial charge in [-0.1, -0.05) is 12.1 Å². The second kappa shape index (κ2) is 6.98. The van der Waals surface area contributed by atoms with Crippen LogP contribution in [0.2, 0.25) is 0 Å². The number of piperidine rings is 1. The van der Waals surface area contributed by atoms with Crippen LogP contribution in [0.15, 0.2) is 4.52 Å². The Kier molecular flexibility index (Phi) is 5.30. The topological polar surface area (TPSA) is 71.4 Å². The lowest BCUT2D eigenvalue weighted by Crippen LogP contribution is -2.43. The lowest BCUT2D eigenvalue weighted by Gasteiger charge is -2.36. The van der Waals surface area contributed by atoms with Gasteiger partial charge in [-0.2, -0.15) is 4.98 Å². The third kappa shape index (κ3) is 3.99. The normalized spacial score (nSPS) is 18.3. The molecule has 6 nitrogen and oxygen atoms in total. The summed E-state index contributed by atoms with van der Waals surface area (Å²) in [6, 6.07) is 0.618. The quantitative estimate of drug-likeness (QED) is 0.823. The summed E-state index contributed by atoms with van der Waals surface area (Å²) < 4.78 is 5.03. The molecule has 0 spiro atoms. The summed E-state index contributed by atoms with van der Waals surface area (Å²) in [7, 11) is 2.14. The van der Waals surface area contributed by atoms with Crippen molar-refractivity contribution in [3.8, 4) is 0 Å². The van der Waals surface area contributed by atoms with Gasteiger partial charge in [0, 0.05) is 6.04 Å². The lowest BCUT2D eigenvalue weighted by atomic mass is 10.0. The first kappa shape index (κ1) is 14.4. The van der Waals surface area contributed by atoms with E-state index in [9.17, 15) is 0 Å². The Labute approximate surface area is 114 Å². The van der Waals surface area contributed by atoms with Gasteiger partial charge in [0.1, 0.15) is 0 Å². The molecular weight excluding hydrogens is 242 g/mol. The Morgan fingerprint density at radius 2 is 2.16 bits per heavy atom. The first-order chi connectivity index (χ1) is 9.22. The van der Waals surface area contributed by atoms with Crippen LogP contribution in [0.3, 0.4) is 0 Å². The van der Waals surface area contributed by atoms with Gasteiger partial charge in [-0.3, -0.25) is 4.90 Å². The minimum atomic E-state index is 0.312. The largest absolute Gasteiger partial charge is 0.338 e. The number of hydrogen-bond donors (Lipinski definition) is 1. The molecule has 1 aromatic heterocycles. The molecule has 2 N–H and O–H groups in total. The van der Waals surface area contributed by atoms with Gasteiger partial charge in [-0.15, -0.1) is 0 Å². The van der Waals surface area contributed by atoms with Crippen molar-refractivity contribution in [3.63, 3.8) is 0 Å². The summed E-state index contributed by atoms with van der Waals surface area (Å²) in [6.07, 6.45) is 3.68. The molecule has 6 heteroatoms. The monoisotopic (exact) mass is 267 g/mol. The lowest BCUT2D eigenvalue weighted by molar-refractivity contribution is 0.121. The second-order valence-electron chi connectivity index (χ2n) is 5.30. The van der Waals surface area contributed by atoms with Gasteiger partial charge < -0.3 is 15.2 Å². The van der Waals surface area contributed by atoms with E-state index in [0.717, 1.165) is 12.4 Å². The van der Waals surface area contributed by atoms with Crippen molar-refractivity contribution in [3.05, 3.63) is 11.7 Å². The third-order valence-corrected chi connectivity index (χ3v) is 3.80. The molecule has 108 valence electrons. The van der Waals surface area contributed by atoms with E-state index < -0.39 is 0 Å². The molecule has 0 amide bonds. The highest BCUT2D eigenvalue weighted by Gasteiger charge is 2.22. The van der Waals surface area contributed by atoms with Gasteiger partial charge in [0.2, 0.25) is 5.89 Å². The Morgan fingerprint density at radius 1 is 1.42 bits per heavy atom. The number of nitrogens with zero attached hydrogens (tertiary/aromatic N) is 4. The molecule has 0 radical (unpaired) electrons. The molecule has 19 heavy (non-hydrogen) atoms. The molecule has 1 aromatic rings. The smallest absolute Gasteiger partial charge is 0.240 e. The third-order valence-electron chi connectivity index (χ3n) is 3.80. The van der Waals surface area contributed by atoms with E-state index in [1.807, 2.05) is 0 Å². The highest BCUT2D eigenvalue weighted by molar-refractivity contribution is 4.87. The molecule has 2 heterocycles. The summed E-state index contributed by atoms with van der Waals surface area (Å²) in [5.41, 5.74) is 5.47. The molecule has 2 rings (SSSR count). The number of nitrogens with two attached hydrogens (primary N) is 1. The van der Waals surface area contributed by atoms with E-state index in [-0.39, 0.29) is 0 Å². The Morgan fingerprint density at radius 3 is 2.74 bits per heavy atom. The van der Waals surface area contributed by atoms with Crippen LogP contribution in [-0.4, -0.2) is 52.7 Å². The van der Waals surface area contributed by atoms with Crippen molar-refractivity contribution in [1.82, 2.24) is 19.9 Å². The van der Waals surface area contributed by atoms with Crippen molar-refractivity contribution in [2.45, 2.75) is 45.3 Å². The van der Waals surface area contributed by atoms with Gasteiger partial charge in [-0.25, -0.2) is 0 Å². The van der Waals surface area contributed by atoms with Crippen LogP contribution >= 0.6 is 0 Å². The van der Waals surface area contributed by atoms with E-state index in [2.05, 4.69) is 33.9 Å². The predicted octanol–water partition coefficient (Wildman–Crippen LogP) is 0.835. The zero-order chi connectivity index (χ0) is 13.7. The van der Waals surface area contributed by atoms with Gasteiger partial charge >= 0.3 is 0 Å². The molecule has 0 bridgehead atoms. The molecule has 1 aliphatic rings. The molecule has 0 saturated carbocycles. The molecule has 1 aliphatic heterocycles. The van der Waals surface area contributed by atoms with Crippen molar-refractivity contribution >= 4 is 0 Å². The Bertz CT molecular complexity index is 373. The zero-order valence-corrected chi connectivity index (χ0v) is 12.0. The van der Waals surface area contributed by atoms with Crippen LogP contribution in [0.25, 0.3) is 0 Å². The molecular formula is C13H25N5O. The van der Waals surface area contributed by atoms with Crippen LogP contribution in [0.4, 0.5) is 0 Å². The van der Waals surface area contributed by atoms with E-state index in [1.54, 1.807) is 0 Å². The maximum Gasteiger partial charge on any atom is 0.240 e. The van der Waals surface area contributed by atoms with Crippen LogP contribution in [0.1, 0.15) is 37.9 Å². The SMILES string of the molecule is CCCN1CCC(N(C)Cc2noc(CN)n2)CC1. The summed E-state index contributed by atoms with van der Waals surface area (Å²) in [4.78, 5) is 9.13. The molecule has 1 saturated heterocycles. The average Bonchev–Trinajstić information content (AvgIpc) is 2.87. The predicted molar refractivity (Wildman–Crippen MR) is 73.4 cm³/mol. The standard InChI is InChI=1S/C13H25N5O/c1-3-6-18-7-4-11(5-8-18)17(2)10-12-15-13(9-14)19-16-12/h11H,3-10,14H2,1-2H3. The first-order valence-corrected chi connectivity index (χ1v) is 7.17. The fraction of sp³-hybridized carbons (Fsp3) is 0.846. The van der Waals surface area contributed by atoms with Crippen molar-refractivity contribution in [2.24, 2.45) is 5.73 Å². The zero-order valence-electron chi connectivity index (χ0n) is 12.0. The minimum absolute atomic E-state index is 0.312. The van der Waals surface area contributed by atoms with Crippen molar-refractivity contribution < 1.29 is 4.52 Å². The summed E-state index contributed by atoms with van der Waals surface area (Å²) >= 11 is 0. The van der Waals surface area contributed by atoms with E-state index in [0.29, 0.717) is 18.5 Å². The summed E-state index contributed by atoms with van der Waals surface area (Å²) in [6.45, 7) is 6.91.